The molecule has 0 saturated carbocycles. The van der Waals surface area contributed by atoms with E-state index in [1.54, 1.807) is 11.3 Å². The maximum Gasteiger partial charge on any atom is 0.189 e. The molecule has 20 heavy (non-hydrogen) atoms. The molecule has 5 nitrogen and oxygen atoms in total. The smallest absolute Gasteiger partial charge is 0.189 e. The molecule has 0 aliphatic carbocycles. The Morgan fingerprint density at radius 2 is 2.25 bits per heavy atom. The van der Waals surface area contributed by atoms with Crippen LogP contribution in [0.3, 0.4) is 0 Å². The zero-order chi connectivity index (χ0) is 15.0. The van der Waals surface area contributed by atoms with Gasteiger partial charge in [-0.25, -0.2) is 9.98 Å². The highest BCUT2D eigenvalue weighted by atomic mass is 32.1. The van der Waals surface area contributed by atoms with E-state index in [0.29, 0.717) is 12.5 Å². The van der Waals surface area contributed by atoms with Gasteiger partial charge in [-0.15, -0.1) is 11.3 Å². The number of guanidine groups is 1. The van der Waals surface area contributed by atoms with E-state index in [2.05, 4.69) is 41.4 Å². The molecular weight excluding hydrogens is 272 g/mol. The van der Waals surface area contributed by atoms with Gasteiger partial charge in [0.25, 0.3) is 0 Å². The zero-order valence-corrected chi connectivity index (χ0v) is 13.7. The Hall–Kier alpha value is -1.14. The van der Waals surface area contributed by atoms with Gasteiger partial charge >= 0.3 is 0 Å². The van der Waals surface area contributed by atoms with Crippen LogP contribution in [0.5, 0.6) is 0 Å². The Morgan fingerprint density at radius 1 is 1.50 bits per heavy atom. The summed E-state index contributed by atoms with van der Waals surface area (Å²) in [5.74, 6) is 0.467. The first kappa shape index (κ1) is 16.9. The number of nitrogens with one attached hydrogen (secondary N) is 1. The number of nitrogens with two attached hydrogens (primary N) is 1. The number of aliphatic imine (C=N–C) groups is 1. The van der Waals surface area contributed by atoms with Crippen molar-refractivity contribution in [1.82, 2.24) is 10.3 Å². The molecule has 114 valence electrons. The fraction of sp³-hybridized carbons (Fsp3) is 0.714. The number of rotatable bonds is 7. The average molecular weight is 298 g/mol. The van der Waals surface area contributed by atoms with Crippen LogP contribution in [0.1, 0.15) is 44.8 Å². The molecule has 0 aromatic carbocycles. The highest BCUT2D eigenvalue weighted by Crippen LogP contribution is 2.24. The summed E-state index contributed by atoms with van der Waals surface area (Å²) in [6, 6.07) is 0. The third-order valence-corrected chi connectivity index (χ3v) is 3.51. The van der Waals surface area contributed by atoms with Crippen LogP contribution < -0.4 is 11.1 Å². The minimum Gasteiger partial charge on any atom is -0.382 e. The monoisotopic (exact) mass is 298 g/mol. The summed E-state index contributed by atoms with van der Waals surface area (Å²) >= 11 is 1.63. The Balaban J connectivity index is 2.33. The number of hydrogen-bond acceptors (Lipinski definition) is 4. The second kappa shape index (κ2) is 8.21. The van der Waals surface area contributed by atoms with E-state index >= 15 is 0 Å². The molecule has 1 heterocycles. The summed E-state index contributed by atoms with van der Waals surface area (Å²) in [5, 5.41) is 6.16. The van der Waals surface area contributed by atoms with Crippen molar-refractivity contribution in [3.05, 3.63) is 16.1 Å². The normalized spacial score (nSPS) is 12.7. The van der Waals surface area contributed by atoms with Crippen molar-refractivity contribution in [3.8, 4) is 0 Å². The number of thiazole rings is 1. The van der Waals surface area contributed by atoms with E-state index in [1.165, 1.54) is 0 Å². The predicted molar refractivity (Wildman–Crippen MR) is 85.3 cm³/mol. The Morgan fingerprint density at radius 3 is 2.85 bits per heavy atom. The van der Waals surface area contributed by atoms with Gasteiger partial charge < -0.3 is 15.8 Å². The van der Waals surface area contributed by atoms with Crippen LogP contribution in [-0.2, 0) is 16.7 Å². The molecule has 0 fully saturated rings. The van der Waals surface area contributed by atoms with E-state index in [-0.39, 0.29) is 5.41 Å². The average Bonchev–Trinajstić information content (AvgIpc) is 2.85. The minimum atomic E-state index is 0.0849. The van der Waals surface area contributed by atoms with Crippen LogP contribution in [0.25, 0.3) is 0 Å². The van der Waals surface area contributed by atoms with E-state index in [0.717, 1.165) is 36.9 Å². The zero-order valence-electron chi connectivity index (χ0n) is 12.9. The molecule has 0 aliphatic rings. The number of aromatic nitrogens is 1. The van der Waals surface area contributed by atoms with Gasteiger partial charge in [-0.05, 0) is 13.3 Å². The van der Waals surface area contributed by atoms with Gasteiger partial charge in [-0.2, -0.15) is 0 Å². The largest absolute Gasteiger partial charge is 0.382 e. The SMILES string of the molecule is CCOCCCNC(N)=NCc1nc(C(C)(C)C)cs1. The summed E-state index contributed by atoms with van der Waals surface area (Å²) in [4.78, 5) is 8.88. The van der Waals surface area contributed by atoms with E-state index < -0.39 is 0 Å². The van der Waals surface area contributed by atoms with Crippen LogP contribution in [0.2, 0.25) is 0 Å². The van der Waals surface area contributed by atoms with Gasteiger partial charge in [0, 0.05) is 30.6 Å². The van der Waals surface area contributed by atoms with Crippen molar-refractivity contribution >= 4 is 17.3 Å². The van der Waals surface area contributed by atoms with E-state index in [1.807, 2.05) is 6.92 Å². The van der Waals surface area contributed by atoms with E-state index in [4.69, 9.17) is 10.5 Å². The summed E-state index contributed by atoms with van der Waals surface area (Å²) in [6.07, 6.45) is 0.926. The predicted octanol–water partition coefficient (Wildman–Crippen LogP) is 2.27. The molecule has 6 heteroatoms. The summed E-state index contributed by atoms with van der Waals surface area (Å²) in [6.45, 7) is 11.3. The molecule has 0 amide bonds. The van der Waals surface area contributed by atoms with Crippen molar-refractivity contribution in [3.63, 3.8) is 0 Å². The van der Waals surface area contributed by atoms with Crippen LogP contribution in [0.15, 0.2) is 10.4 Å². The van der Waals surface area contributed by atoms with Gasteiger partial charge in [0.1, 0.15) is 5.01 Å². The molecule has 0 spiro atoms. The van der Waals surface area contributed by atoms with Gasteiger partial charge in [0.2, 0.25) is 0 Å². The highest BCUT2D eigenvalue weighted by molar-refractivity contribution is 7.09. The lowest BCUT2D eigenvalue weighted by molar-refractivity contribution is 0.145. The first-order valence-electron chi connectivity index (χ1n) is 7.00. The first-order valence-corrected chi connectivity index (χ1v) is 7.88. The lowest BCUT2D eigenvalue weighted by Crippen LogP contribution is -2.32. The quantitative estimate of drug-likeness (QED) is 0.460. The van der Waals surface area contributed by atoms with E-state index in [9.17, 15) is 0 Å². The fourth-order valence-corrected chi connectivity index (χ4v) is 2.42. The van der Waals surface area contributed by atoms with Crippen LogP contribution in [-0.4, -0.2) is 30.7 Å². The number of ether oxygens (including phenoxy) is 1. The molecule has 0 unspecified atom stereocenters. The lowest BCUT2D eigenvalue weighted by Gasteiger charge is -2.14. The van der Waals surface area contributed by atoms with Gasteiger partial charge in [-0.3, -0.25) is 0 Å². The van der Waals surface area contributed by atoms with Crippen LogP contribution in [0.4, 0.5) is 0 Å². The maximum atomic E-state index is 5.80. The topological polar surface area (TPSA) is 72.5 Å². The Labute approximate surface area is 125 Å². The van der Waals surface area contributed by atoms with Crippen molar-refractivity contribution in [2.75, 3.05) is 19.8 Å². The maximum absolute atomic E-state index is 5.80. The van der Waals surface area contributed by atoms with Crippen molar-refractivity contribution in [2.45, 2.75) is 46.1 Å². The summed E-state index contributed by atoms with van der Waals surface area (Å²) in [7, 11) is 0. The molecule has 0 bridgehead atoms. The van der Waals surface area contributed by atoms with Crippen LogP contribution >= 0.6 is 11.3 Å². The van der Waals surface area contributed by atoms with Crippen molar-refractivity contribution in [1.29, 1.82) is 0 Å². The summed E-state index contributed by atoms with van der Waals surface area (Å²) in [5.41, 5.74) is 7.00. The third-order valence-electron chi connectivity index (χ3n) is 2.68. The number of hydrogen-bond donors (Lipinski definition) is 2. The van der Waals surface area contributed by atoms with Gasteiger partial charge in [0.15, 0.2) is 5.96 Å². The van der Waals surface area contributed by atoms with Crippen molar-refractivity contribution in [2.24, 2.45) is 10.7 Å². The standard InChI is InChI=1S/C14H26N4OS/c1-5-19-8-6-7-16-13(15)17-9-12-18-11(10-20-12)14(2,3)4/h10H,5-9H2,1-4H3,(H3,15,16,17). The molecule has 0 saturated heterocycles. The molecule has 1 aromatic rings. The second-order valence-electron chi connectivity index (χ2n) is 5.56. The molecule has 0 aliphatic heterocycles. The third kappa shape index (κ3) is 6.34. The molecule has 0 radical (unpaired) electrons. The molecule has 0 atom stereocenters. The molecule has 1 aromatic heterocycles. The summed E-state index contributed by atoms with van der Waals surface area (Å²) < 4.78 is 5.25. The second-order valence-corrected chi connectivity index (χ2v) is 6.50. The number of nitrogens with zero attached hydrogens (tertiary/aromatic N) is 2. The van der Waals surface area contributed by atoms with Gasteiger partial charge in [-0.1, -0.05) is 20.8 Å². The fourth-order valence-electron chi connectivity index (χ4n) is 1.47. The lowest BCUT2D eigenvalue weighted by atomic mass is 9.93. The molecular formula is C14H26N4OS. The van der Waals surface area contributed by atoms with Crippen LogP contribution in [0, 0.1) is 0 Å². The van der Waals surface area contributed by atoms with Crippen molar-refractivity contribution < 1.29 is 4.74 Å². The Bertz CT molecular complexity index is 423. The molecule has 1 rings (SSSR count). The first-order chi connectivity index (χ1) is 9.43. The molecule has 3 N–H and O–H groups in total. The highest BCUT2D eigenvalue weighted by Gasteiger charge is 2.17. The van der Waals surface area contributed by atoms with Gasteiger partial charge in [0.05, 0.1) is 12.2 Å². The minimum absolute atomic E-state index is 0.0849. The Kier molecular flexibility index (Phi) is 6.95.